The van der Waals surface area contributed by atoms with Gasteiger partial charge in [0.1, 0.15) is 0 Å². The van der Waals surface area contributed by atoms with Gasteiger partial charge < -0.3 is 14.5 Å². The second kappa shape index (κ2) is 8.99. The van der Waals surface area contributed by atoms with Crippen LogP contribution < -0.4 is 4.90 Å². The number of piperidine rings is 3. The zero-order valence-corrected chi connectivity index (χ0v) is 19.2. The molecule has 0 unspecified atom stereocenters. The van der Waals surface area contributed by atoms with Gasteiger partial charge >= 0.3 is 12.0 Å². The molecule has 31 heavy (non-hydrogen) atoms. The number of fused-ring (bicyclic) bond motifs is 3. The van der Waals surface area contributed by atoms with Gasteiger partial charge in [-0.05, 0) is 87.7 Å². The van der Waals surface area contributed by atoms with Gasteiger partial charge in [0.25, 0.3) is 0 Å². The minimum Gasteiger partial charge on any atom is -0.469 e. The van der Waals surface area contributed by atoms with E-state index >= 15 is 0 Å². The number of hydrogen-bond acceptors (Lipinski definition) is 4. The van der Waals surface area contributed by atoms with E-state index in [-0.39, 0.29) is 36.4 Å². The largest absolute Gasteiger partial charge is 0.469 e. The van der Waals surface area contributed by atoms with Crippen molar-refractivity contribution in [3.05, 3.63) is 29.8 Å². The third kappa shape index (κ3) is 4.05. The van der Waals surface area contributed by atoms with Crippen LogP contribution in [-0.2, 0) is 14.9 Å². The number of carbonyl (C=O) groups excluding carboxylic acids is 2. The van der Waals surface area contributed by atoms with Crippen LogP contribution in [0.25, 0.3) is 0 Å². The highest BCUT2D eigenvalue weighted by Gasteiger charge is 2.41. The maximum absolute atomic E-state index is 13.1. The van der Waals surface area contributed by atoms with Crippen LogP contribution in [0.5, 0.6) is 0 Å². The Bertz CT molecular complexity index is 785. The Kier molecular flexibility index (Phi) is 6.50. The second-order valence-corrected chi connectivity index (χ2v) is 9.58. The van der Waals surface area contributed by atoms with Crippen molar-refractivity contribution in [3.63, 3.8) is 0 Å². The summed E-state index contributed by atoms with van der Waals surface area (Å²) in [7, 11) is 1.46. The highest BCUT2D eigenvalue weighted by Crippen LogP contribution is 2.43. The molecular formula is C24H34ClN3O3. The molecule has 5 fully saturated rings. The lowest BCUT2D eigenvalue weighted by molar-refractivity contribution is -0.146. The number of halogens is 1. The van der Waals surface area contributed by atoms with Crippen molar-refractivity contribution in [2.24, 2.45) is 5.92 Å². The summed E-state index contributed by atoms with van der Waals surface area (Å²) in [6, 6.07) is 9.21. The van der Waals surface area contributed by atoms with Crippen LogP contribution in [0.3, 0.4) is 0 Å². The average molecular weight is 448 g/mol. The zero-order chi connectivity index (χ0) is 20.7. The molecular weight excluding hydrogens is 414 g/mol. The number of esters is 1. The Morgan fingerprint density at radius 2 is 1.55 bits per heavy atom. The molecule has 4 heterocycles. The number of ether oxygens (including phenoxy) is 1. The van der Waals surface area contributed by atoms with Crippen molar-refractivity contribution < 1.29 is 14.3 Å². The maximum atomic E-state index is 13.1. The average Bonchev–Trinajstić information content (AvgIpc) is 3.21. The highest BCUT2D eigenvalue weighted by molar-refractivity contribution is 5.94. The zero-order valence-electron chi connectivity index (χ0n) is 18.4. The summed E-state index contributed by atoms with van der Waals surface area (Å²) < 4.78 is 4.89. The SMILES string of the molecule is COC(=O)C1CCC(N2CCN(c3ccc(C45CCN(CC4)CC5)cc3)C2=O)CC1.Cl. The van der Waals surface area contributed by atoms with Gasteiger partial charge in [-0.25, -0.2) is 4.79 Å². The van der Waals surface area contributed by atoms with Crippen molar-refractivity contribution in [1.82, 2.24) is 9.80 Å². The molecule has 2 amide bonds. The Morgan fingerprint density at radius 1 is 0.935 bits per heavy atom. The normalized spacial score (nSPS) is 32.7. The standard InChI is InChI=1S/C24H33N3O3.ClH/c1-30-22(28)18-2-6-20(7-3-18)26-16-17-27(23(26)29)21-8-4-19(5-9-21)24-10-13-25(14-11-24)15-12-24;/h4-5,8-9,18,20H,2-3,6-7,10-17H2,1H3;1H. The molecule has 0 radical (unpaired) electrons. The summed E-state index contributed by atoms with van der Waals surface area (Å²) in [6.07, 6.45) is 7.19. The fraction of sp³-hybridized carbons (Fsp3) is 0.667. The molecule has 0 atom stereocenters. The molecule has 6 nitrogen and oxygen atoms in total. The van der Waals surface area contributed by atoms with E-state index in [0.29, 0.717) is 5.41 Å². The van der Waals surface area contributed by atoms with Gasteiger partial charge in [-0.3, -0.25) is 9.69 Å². The third-order valence-electron chi connectivity index (χ3n) is 8.22. The number of urea groups is 1. The van der Waals surface area contributed by atoms with Crippen LogP contribution in [0.4, 0.5) is 10.5 Å². The molecule has 6 rings (SSSR count). The van der Waals surface area contributed by atoms with E-state index in [1.54, 1.807) is 0 Å². The van der Waals surface area contributed by atoms with Crippen molar-refractivity contribution in [2.75, 3.05) is 44.7 Å². The summed E-state index contributed by atoms with van der Waals surface area (Å²) in [6.45, 7) is 5.18. The lowest BCUT2D eigenvalue weighted by Crippen LogP contribution is -2.50. The number of carbonyl (C=O) groups is 2. The van der Waals surface area contributed by atoms with Crippen LogP contribution in [0.15, 0.2) is 24.3 Å². The number of rotatable bonds is 4. The van der Waals surface area contributed by atoms with Gasteiger partial charge in [-0.15, -0.1) is 12.4 Å². The lowest BCUT2D eigenvalue weighted by Gasteiger charge is -2.49. The fourth-order valence-electron chi connectivity index (χ4n) is 6.18. The van der Waals surface area contributed by atoms with Crippen LogP contribution in [0, 0.1) is 5.92 Å². The quantitative estimate of drug-likeness (QED) is 0.658. The minimum atomic E-state index is -0.106. The number of nitrogens with zero attached hydrogens (tertiary/aromatic N) is 3. The van der Waals surface area contributed by atoms with Crippen molar-refractivity contribution in [2.45, 2.75) is 56.4 Å². The number of hydrogen-bond donors (Lipinski definition) is 0. The van der Waals surface area contributed by atoms with E-state index in [1.165, 1.54) is 51.6 Å². The first-order valence-electron chi connectivity index (χ1n) is 11.6. The van der Waals surface area contributed by atoms with E-state index < -0.39 is 0 Å². The van der Waals surface area contributed by atoms with E-state index in [9.17, 15) is 9.59 Å². The van der Waals surface area contributed by atoms with Gasteiger partial charge in [0.2, 0.25) is 0 Å². The monoisotopic (exact) mass is 447 g/mol. The molecule has 0 aromatic heterocycles. The summed E-state index contributed by atoms with van der Waals surface area (Å²) in [5, 5.41) is 0. The first kappa shape index (κ1) is 22.4. The Hall–Kier alpha value is -1.79. The Balaban J connectivity index is 0.00000231. The maximum Gasteiger partial charge on any atom is 0.324 e. The van der Waals surface area contributed by atoms with Crippen molar-refractivity contribution in [1.29, 1.82) is 0 Å². The Morgan fingerprint density at radius 3 is 2.13 bits per heavy atom. The summed E-state index contributed by atoms with van der Waals surface area (Å²) in [5.41, 5.74) is 2.82. The summed E-state index contributed by atoms with van der Waals surface area (Å²) in [4.78, 5) is 31.4. The predicted octanol–water partition coefficient (Wildman–Crippen LogP) is 3.82. The van der Waals surface area contributed by atoms with E-state index in [2.05, 4.69) is 29.2 Å². The highest BCUT2D eigenvalue weighted by atomic mass is 35.5. The first-order valence-corrected chi connectivity index (χ1v) is 11.6. The minimum absolute atomic E-state index is 0. The summed E-state index contributed by atoms with van der Waals surface area (Å²) in [5.74, 6) is -0.107. The molecule has 0 spiro atoms. The molecule has 170 valence electrons. The van der Waals surface area contributed by atoms with Gasteiger partial charge in [0.15, 0.2) is 0 Å². The predicted molar refractivity (Wildman–Crippen MR) is 123 cm³/mol. The molecule has 1 aromatic rings. The van der Waals surface area contributed by atoms with Crippen molar-refractivity contribution >= 4 is 30.1 Å². The molecule has 1 saturated carbocycles. The van der Waals surface area contributed by atoms with Gasteiger partial charge in [0, 0.05) is 24.8 Å². The summed E-state index contributed by atoms with van der Waals surface area (Å²) >= 11 is 0. The molecule has 2 bridgehead atoms. The topological polar surface area (TPSA) is 53.1 Å². The van der Waals surface area contributed by atoms with Crippen LogP contribution in [0.1, 0.15) is 50.5 Å². The Labute approximate surface area is 191 Å². The fourth-order valence-corrected chi connectivity index (χ4v) is 6.18. The lowest BCUT2D eigenvalue weighted by atomic mass is 9.67. The van der Waals surface area contributed by atoms with Gasteiger partial charge in [-0.2, -0.15) is 0 Å². The first-order chi connectivity index (χ1) is 14.6. The molecule has 4 saturated heterocycles. The van der Waals surface area contributed by atoms with Gasteiger partial charge in [0.05, 0.1) is 13.0 Å². The number of benzene rings is 1. The van der Waals surface area contributed by atoms with E-state index in [4.69, 9.17) is 4.74 Å². The molecule has 1 aromatic carbocycles. The molecule has 5 aliphatic rings. The van der Waals surface area contributed by atoms with Crippen LogP contribution in [0.2, 0.25) is 0 Å². The van der Waals surface area contributed by atoms with Crippen molar-refractivity contribution in [3.8, 4) is 0 Å². The van der Waals surface area contributed by atoms with E-state index in [1.807, 2.05) is 9.80 Å². The number of anilines is 1. The molecule has 4 aliphatic heterocycles. The smallest absolute Gasteiger partial charge is 0.324 e. The number of methoxy groups -OCH3 is 1. The molecule has 7 heteroatoms. The second-order valence-electron chi connectivity index (χ2n) is 9.58. The number of amides is 2. The van der Waals surface area contributed by atoms with Crippen LogP contribution >= 0.6 is 12.4 Å². The molecule has 1 aliphatic carbocycles. The van der Waals surface area contributed by atoms with E-state index in [0.717, 1.165) is 44.5 Å². The third-order valence-corrected chi connectivity index (χ3v) is 8.22. The molecule has 0 N–H and O–H groups in total. The van der Waals surface area contributed by atoms with Gasteiger partial charge in [-0.1, -0.05) is 12.1 Å². The van der Waals surface area contributed by atoms with Crippen LogP contribution in [-0.4, -0.2) is 67.7 Å².